The van der Waals surface area contributed by atoms with Gasteiger partial charge in [-0.05, 0) is 63.3 Å². The lowest BCUT2D eigenvalue weighted by molar-refractivity contribution is -0.000956. The van der Waals surface area contributed by atoms with Crippen molar-refractivity contribution in [2.75, 3.05) is 13.2 Å². The molecule has 0 aromatic rings. The quantitative estimate of drug-likeness (QED) is 0.781. The van der Waals surface area contributed by atoms with Gasteiger partial charge in [0.2, 0.25) is 0 Å². The highest BCUT2D eigenvalue weighted by Crippen LogP contribution is 2.33. The zero-order chi connectivity index (χ0) is 13.5. The van der Waals surface area contributed by atoms with Gasteiger partial charge in [0.25, 0.3) is 0 Å². The third-order valence-corrected chi connectivity index (χ3v) is 5.08. The van der Waals surface area contributed by atoms with Crippen LogP contribution in [0.4, 0.5) is 0 Å². The summed E-state index contributed by atoms with van der Waals surface area (Å²) in [4.78, 5) is 0. The first kappa shape index (κ1) is 15.3. The van der Waals surface area contributed by atoms with Crippen LogP contribution in [0, 0.1) is 11.8 Å². The van der Waals surface area contributed by atoms with Gasteiger partial charge in [0.15, 0.2) is 0 Å². The second-order valence-corrected chi connectivity index (χ2v) is 6.80. The Morgan fingerprint density at radius 3 is 2.53 bits per heavy atom. The van der Waals surface area contributed by atoms with Crippen molar-refractivity contribution >= 4 is 0 Å². The number of hydrogen-bond acceptors (Lipinski definition) is 2. The van der Waals surface area contributed by atoms with Crippen LogP contribution in [0.1, 0.15) is 71.6 Å². The Bertz CT molecular complexity index is 229. The molecule has 2 atom stereocenters. The molecule has 1 aliphatic carbocycles. The van der Waals surface area contributed by atoms with Crippen LogP contribution in [-0.4, -0.2) is 25.3 Å². The summed E-state index contributed by atoms with van der Waals surface area (Å²) in [5.74, 6) is 1.85. The molecule has 1 N–H and O–H groups in total. The van der Waals surface area contributed by atoms with Gasteiger partial charge in [-0.25, -0.2) is 0 Å². The molecule has 0 bridgehead atoms. The molecule has 0 spiro atoms. The maximum absolute atomic E-state index is 5.96. The molecule has 0 aromatic carbocycles. The van der Waals surface area contributed by atoms with Crippen LogP contribution in [0.3, 0.4) is 0 Å². The maximum Gasteiger partial charge on any atom is 0.0590 e. The minimum absolute atomic E-state index is 0.530. The first-order chi connectivity index (χ1) is 9.29. The summed E-state index contributed by atoms with van der Waals surface area (Å²) in [5, 5.41) is 3.82. The van der Waals surface area contributed by atoms with Crippen LogP contribution in [0.25, 0.3) is 0 Å². The number of rotatable bonds is 6. The molecule has 0 aromatic heterocycles. The molecule has 1 heterocycles. The summed E-state index contributed by atoms with van der Waals surface area (Å²) < 4.78 is 5.96. The Kier molecular flexibility index (Phi) is 6.66. The Hall–Kier alpha value is -0.0800. The highest BCUT2D eigenvalue weighted by atomic mass is 16.5. The molecule has 0 radical (unpaired) electrons. The van der Waals surface area contributed by atoms with Crippen molar-refractivity contribution < 1.29 is 4.74 Å². The van der Waals surface area contributed by atoms with Crippen LogP contribution in [-0.2, 0) is 4.74 Å². The molecule has 2 rings (SSSR count). The molecule has 2 heteroatoms. The van der Waals surface area contributed by atoms with Crippen molar-refractivity contribution in [2.24, 2.45) is 11.8 Å². The van der Waals surface area contributed by atoms with Crippen LogP contribution in [0.5, 0.6) is 0 Å². The normalized spacial score (nSPS) is 34.1. The van der Waals surface area contributed by atoms with Gasteiger partial charge in [0.05, 0.1) is 6.10 Å². The van der Waals surface area contributed by atoms with Gasteiger partial charge < -0.3 is 10.1 Å². The maximum atomic E-state index is 5.96. The highest BCUT2D eigenvalue weighted by Gasteiger charge is 2.28. The van der Waals surface area contributed by atoms with Crippen LogP contribution >= 0.6 is 0 Å². The van der Waals surface area contributed by atoms with Crippen molar-refractivity contribution in [1.29, 1.82) is 0 Å². The van der Waals surface area contributed by atoms with Gasteiger partial charge in [-0.2, -0.15) is 0 Å². The summed E-state index contributed by atoms with van der Waals surface area (Å²) in [7, 11) is 0. The van der Waals surface area contributed by atoms with E-state index in [1.54, 1.807) is 0 Å². The molecule has 112 valence electrons. The summed E-state index contributed by atoms with van der Waals surface area (Å²) >= 11 is 0. The fourth-order valence-electron chi connectivity index (χ4n) is 3.74. The molecular formula is C17H33NO. The minimum atomic E-state index is 0.530. The van der Waals surface area contributed by atoms with E-state index in [4.69, 9.17) is 4.74 Å². The minimum Gasteiger partial charge on any atom is -0.378 e. The standard InChI is InChI=1S/C17H33NO/c1-3-11-18-17(13-16-6-4-5-12-19-16)15-9-7-14(2)8-10-15/h14-18H,3-13H2,1-2H3. The number of nitrogens with one attached hydrogen (secondary N) is 1. The van der Waals surface area contributed by atoms with E-state index in [9.17, 15) is 0 Å². The summed E-state index contributed by atoms with van der Waals surface area (Å²) in [6.07, 6.45) is 12.7. The lowest BCUT2D eigenvalue weighted by Gasteiger charge is -2.36. The van der Waals surface area contributed by atoms with E-state index in [0.717, 1.165) is 18.4 Å². The largest absolute Gasteiger partial charge is 0.378 e. The predicted octanol–water partition coefficient (Wildman–Crippen LogP) is 4.14. The van der Waals surface area contributed by atoms with E-state index in [1.807, 2.05) is 0 Å². The van der Waals surface area contributed by atoms with Crippen LogP contribution < -0.4 is 5.32 Å². The lowest BCUT2D eigenvalue weighted by Crippen LogP contribution is -2.41. The average molecular weight is 267 g/mol. The zero-order valence-corrected chi connectivity index (χ0v) is 13.0. The molecule has 19 heavy (non-hydrogen) atoms. The predicted molar refractivity (Wildman–Crippen MR) is 81.4 cm³/mol. The van der Waals surface area contributed by atoms with Crippen molar-refractivity contribution in [1.82, 2.24) is 5.32 Å². The number of hydrogen-bond donors (Lipinski definition) is 1. The third kappa shape index (κ3) is 5.07. The van der Waals surface area contributed by atoms with E-state index in [-0.39, 0.29) is 0 Å². The Morgan fingerprint density at radius 1 is 1.11 bits per heavy atom. The monoisotopic (exact) mass is 267 g/mol. The molecule has 0 amide bonds. The average Bonchev–Trinajstić information content (AvgIpc) is 2.45. The van der Waals surface area contributed by atoms with Gasteiger partial charge in [0, 0.05) is 12.6 Å². The van der Waals surface area contributed by atoms with Crippen molar-refractivity contribution in [2.45, 2.75) is 83.8 Å². The van der Waals surface area contributed by atoms with Crippen LogP contribution in [0.15, 0.2) is 0 Å². The first-order valence-corrected chi connectivity index (χ1v) is 8.64. The zero-order valence-electron chi connectivity index (χ0n) is 13.0. The molecule has 1 saturated heterocycles. The lowest BCUT2D eigenvalue weighted by atomic mass is 9.77. The summed E-state index contributed by atoms with van der Waals surface area (Å²) in [6, 6.07) is 0.704. The topological polar surface area (TPSA) is 21.3 Å². The van der Waals surface area contributed by atoms with Crippen molar-refractivity contribution in [3.8, 4) is 0 Å². The molecule has 2 unspecified atom stereocenters. The molecular weight excluding hydrogens is 234 g/mol. The first-order valence-electron chi connectivity index (χ1n) is 8.64. The SMILES string of the molecule is CCCNC(CC1CCCCO1)C1CCC(C)CC1. The highest BCUT2D eigenvalue weighted by molar-refractivity contribution is 4.84. The number of ether oxygens (including phenoxy) is 1. The second kappa shape index (κ2) is 8.26. The fraction of sp³-hybridized carbons (Fsp3) is 1.00. The molecule has 2 aliphatic rings. The fourth-order valence-corrected chi connectivity index (χ4v) is 3.74. The van der Waals surface area contributed by atoms with Gasteiger partial charge in [0.1, 0.15) is 0 Å². The summed E-state index contributed by atoms with van der Waals surface area (Å²) in [5.41, 5.74) is 0. The van der Waals surface area contributed by atoms with E-state index in [0.29, 0.717) is 12.1 Å². The van der Waals surface area contributed by atoms with E-state index in [2.05, 4.69) is 19.2 Å². The third-order valence-electron chi connectivity index (χ3n) is 5.08. The van der Waals surface area contributed by atoms with Gasteiger partial charge in [-0.15, -0.1) is 0 Å². The van der Waals surface area contributed by atoms with Gasteiger partial charge in [-0.3, -0.25) is 0 Å². The van der Waals surface area contributed by atoms with Crippen molar-refractivity contribution in [3.05, 3.63) is 0 Å². The van der Waals surface area contributed by atoms with Gasteiger partial charge in [-0.1, -0.05) is 26.7 Å². The Labute approximate surface area is 119 Å². The molecule has 1 aliphatic heterocycles. The van der Waals surface area contributed by atoms with E-state index in [1.165, 1.54) is 64.3 Å². The van der Waals surface area contributed by atoms with E-state index < -0.39 is 0 Å². The summed E-state index contributed by atoms with van der Waals surface area (Å²) in [6.45, 7) is 6.84. The molecule has 2 fully saturated rings. The smallest absolute Gasteiger partial charge is 0.0590 e. The van der Waals surface area contributed by atoms with Crippen LogP contribution in [0.2, 0.25) is 0 Å². The molecule has 1 saturated carbocycles. The van der Waals surface area contributed by atoms with Crippen molar-refractivity contribution in [3.63, 3.8) is 0 Å². The Balaban J connectivity index is 1.83. The molecule has 2 nitrogen and oxygen atoms in total. The second-order valence-electron chi connectivity index (χ2n) is 6.80. The van der Waals surface area contributed by atoms with E-state index >= 15 is 0 Å². The van der Waals surface area contributed by atoms with Gasteiger partial charge >= 0.3 is 0 Å². The Morgan fingerprint density at radius 2 is 1.89 bits per heavy atom.